The van der Waals surface area contributed by atoms with Crippen LogP contribution in [0.1, 0.15) is 0 Å². The molecule has 9 aromatic rings. The highest BCUT2D eigenvalue weighted by molar-refractivity contribution is 7.27. The third kappa shape index (κ3) is 3.90. The number of nitrogens with zero attached hydrogens (tertiary/aromatic N) is 1. The molecule has 0 aliphatic heterocycles. The predicted octanol–water partition coefficient (Wildman–Crippen LogP) is 12.7. The second kappa shape index (κ2) is 9.81. The molecule has 1 nitrogen and oxygen atoms in total. The van der Waals surface area contributed by atoms with Crippen molar-refractivity contribution in [1.82, 2.24) is 0 Å². The maximum Gasteiger partial charge on any atom is 0.0554 e. The first-order chi connectivity index (χ1) is 21.3. The van der Waals surface area contributed by atoms with Gasteiger partial charge in [0.2, 0.25) is 0 Å². The molecule has 202 valence electrons. The van der Waals surface area contributed by atoms with Gasteiger partial charge >= 0.3 is 0 Å². The zero-order chi connectivity index (χ0) is 28.3. The van der Waals surface area contributed by atoms with Gasteiger partial charge in [-0.05, 0) is 64.4 Å². The molecule has 0 radical (unpaired) electrons. The summed E-state index contributed by atoms with van der Waals surface area (Å²) in [5, 5.41) is 7.90. The Kier molecular flexibility index (Phi) is 5.62. The number of para-hydroxylation sites is 1. The highest BCUT2D eigenvalue weighted by Gasteiger charge is 2.19. The molecule has 0 saturated heterocycles. The zero-order valence-corrected chi connectivity index (χ0v) is 24.8. The number of anilines is 3. The first-order valence-electron chi connectivity index (χ1n) is 14.5. The van der Waals surface area contributed by atoms with E-state index in [0.29, 0.717) is 0 Å². The average Bonchev–Trinajstić information content (AvgIpc) is 3.65. The Bertz CT molecular complexity index is 2450. The third-order valence-electron chi connectivity index (χ3n) is 8.46. The van der Waals surface area contributed by atoms with Gasteiger partial charge in [0.15, 0.2) is 0 Å². The SMILES string of the molecule is c1ccc(N(c2ccc(-c3cccc4c3sc3c5ccccc5ccc43)cc2)c2cccc3sc4ccccc4c23)cc1. The fourth-order valence-electron chi connectivity index (χ4n) is 6.49. The van der Waals surface area contributed by atoms with Crippen LogP contribution in [0.15, 0.2) is 152 Å². The Morgan fingerprint density at radius 3 is 1.95 bits per heavy atom. The van der Waals surface area contributed by atoms with E-state index < -0.39 is 0 Å². The number of fused-ring (bicyclic) bond motifs is 8. The van der Waals surface area contributed by atoms with E-state index in [1.807, 2.05) is 22.7 Å². The molecule has 2 aromatic heterocycles. The summed E-state index contributed by atoms with van der Waals surface area (Å²) < 4.78 is 5.33. The lowest BCUT2D eigenvalue weighted by molar-refractivity contribution is 1.30. The van der Waals surface area contributed by atoms with Gasteiger partial charge in [-0.2, -0.15) is 0 Å². The van der Waals surface area contributed by atoms with Gasteiger partial charge in [0, 0.05) is 51.7 Å². The summed E-state index contributed by atoms with van der Waals surface area (Å²) in [6.45, 7) is 0. The third-order valence-corrected chi connectivity index (χ3v) is 10.9. The molecular weight excluding hydrogens is 559 g/mol. The van der Waals surface area contributed by atoms with Crippen LogP contribution in [0, 0.1) is 0 Å². The molecule has 0 atom stereocenters. The van der Waals surface area contributed by atoms with Crippen LogP contribution in [0.4, 0.5) is 17.1 Å². The van der Waals surface area contributed by atoms with Crippen LogP contribution in [0.2, 0.25) is 0 Å². The summed E-state index contributed by atoms with van der Waals surface area (Å²) in [6.07, 6.45) is 0. The number of thiophene rings is 2. The highest BCUT2D eigenvalue weighted by atomic mass is 32.1. The van der Waals surface area contributed by atoms with E-state index in [4.69, 9.17) is 0 Å². The normalized spacial score (nSPS) is 11.7. The molecule has 0 amide bonds. The van der Waals surface area contributed by atoms with E-state index in [-0.39, 0.29) is 0 Å². The first kappa shape index (κ1) is 24.6. The van der Waals surface area contributed by atoms with E-state index in [1.54, 1.807) is 0 Å². The largest absolute Gasteiger partial charge is 0.310 e. The minimum absolute atomic E-state index is 1.15. The lowest BCUT2D eigenvalue weighted by atomic mass is 10.0. The van der Waals surface area contributed by atoms with Crippen LogP contribution in [-0.4, -0.2) is 0 Å². The van der Waals surface area contributed by atoms with Crippen LogP contribution in [0.5, 0.6) is 0 Å². The number of benzene rings is 7. The molecule has 2 heterocycles. The van der Waals surface area contributed by atoms with Crippen molar-refractivity contribution in [2.24, 2.45) is 0 Å². The van der Waals surface area contributed by atoms with Gasteiger partial charge in [0.1, 0.15) is 0 Å². The molecule has 0 unspecified atom stereocenters. The monoisotopic (exact) mass is 583 g/mol. The average molecular weight is 584 g/mol. The van der Waals surface area contributed by atoms with Gasteiger partial charge in [-0.3, -0.25) is 0 Å². The van der Waals surface area contributed by atoms with Crippen LogP contribution in [-0.2, 0) is 0 Å². The molecule has 0 saturated carbocycles. The van der Waals surface area contributed by atoms with Crippen molar-refractivity contribution in [3.05, 3.63) is 152 Å². The molecule has 0 N–H and O–H groups in total. The van der Waals surface area contributed by atoms with Gasteiger partial charge in [-0.1, -0.05) is 109 Å². The van der Waals surface area contributed by atoms with E-state index >= 15 is 0 Å². The van der Waals surface area contributed by atoms with Gasteiger partial charge in [0.05, 0.1) is 5.69 Å². The molecule has 9 rings (SSSR count). The molecule has 0 spiro atoms. The smallest absolute Gasteiger partial charge is 0.0554 e. The fraction of sp³-hybridized carbons (Fsp3) is 0. The maximum absolute atomic E-state index is 2.40. The molecule has 0 bridgehead atoms. The van der Waals surface area contributed by atoms with Crippen LogP contribution < -0.4 is 4.90 Å². The van der Waals surface area contributed by atoms with Gasteiger partial charge < -0.3 is 4.90 Å². The molecule has 3 heteroatoms. The Hall–Kier alpha value is -4.96. The number of rotatable bonds is 4. The zero-order valence-electron chi connectivity index (χ0n) is 23.2. The number of hydrogen-bond acceptors (Lipinski definition) is 3. The molecule has 0 fully saturated rings. The van der Waals surface area contributed by atoms with Gasteiger partial charge in [0.25, 0.3) is 0 Å². The number of hydrogen-bond donors (Lipinski definition) is 0. The first-order valence-corrected chi connectivity index (χ1v) is 16.2. The maximum atomic E-state index is 2.40. The van der Waals surface area contributed by atoms with Crippen LogP contribution in [0.25, 0.3) is 62.2 Å². The minimum Gasteiger partial charge on any atom is -0.310 e. The highest BCUT2D eigenvalue weighted by Crippen LogP contribution is 2.46. The Balaban J connectivity index is 1.21. The lowest BCUT2D eigenvalue weighted by Crippen LogP contribution is -2.10. The summed E-state index contributed by atoms with van der Waals surface area (Å²) in [5.74, 6) is 0. The van der Waals surface area contributed by atoms with Crippen molar-refractivity contribution < 1.29 is 0 Å². The Morgan fingerprint density at radius 2 is 1.07 bits per heavy atom. The van der Waals surface area contributed by atoms with Crippen molar-refractivity contribution in [2.75, 3.05) is 4.90 Å². The molecule has 0 aliphatic rings. The summed E-state index contributed by atoms with van der Waals surface area (Å²) >= 11 is 3.77. The van der Waals surface area contributed by atoms with E-state index in [9.17, 15) is 0 Å². The topological polar surface area (TPSA) is 3.24 Å². The standard InChI is InChI=1S/C40H25NS2/c1-2-11-28(12-3-1)41(35-17-9-19-37-38(35)34-14-6-7-18-36(34)42-37)29-23-20-27(21-24-29)31-15-8-16-32-33-25-22-26-10-4-5-13-30(26)40(33)43-39(31)32/h1-25H. The Morgan fingerprint density at radius 1 is 0.395 bits per heavy atom. The van der Waals surface area contributed by atoms with Crippen molar-refractivity contribution >= 4 is 90.9 Å². The van der Waals surface area contributed by atoms with E-state index in [1.165, 1.54) is 67.9 Å². The minimum atomic E-state index is 1.15. The quantitative estimate of drug-likeness (QED) is 0.199. The molecule has 43 heavy (non-hydrogen) atoms. The van der Waals surface area contributed by atoms with Crippen LogP contribution in [0.3, 0.4) is 0 Å². The van der Waals surface area contributed by atoms with Gasteiger partial charge in [-0.25, -0.2) is 0 Å². The summed E-state index contributed by atoms with van der Waals surface area (Å²) in [4.78, 5) is 2.40. The second-order valence-electron chi connectivity index (χ2n) is 10.9. The van der Waals surface area contributed by atoms with Crippen LogP contribution >= 0.6 is 22.7 Å². The van der Waals surface area contributed by atoms with Crippen molar-refractivity contribution in [3.8, 4) is 11.1 Å². The fourth-order valence-corrected chi connectivity index (χ4v) is 8.99. The van der Waals surface area contributed by atoms with Gasteiger partial charge in [-0.15, -0.1) is 22.7 Å². The molecule has 7 aromatic carbocycles. The predicted molar refractivity (Wildman–Crippen MR) is 190 cm³/mol. The second-order valence-corrected chi connectivity index (χ2v) is 13.0. The van der Waals surface area contributed by atoms with Crippen molar-refractivity contribution in [2.45, 2.75) is 0 Å². The summed E-state index contributed by atoms with van der Waals surface area (Å²) in [6, 6.07) is 55.3. The van der Waals surface area contributed by atoms with Crippen molar-refractivity contribution in [1.29, 1.82) is 0 Å². The molecular formula is C40H25NS2. The summed E-state index contributed by atoms with van der Waals surface area (Å²) in [5.41, 5.74) is 6.01. The van der Waals surface area contributed by atoms with Crippen molar-refractivity contribution in [3.63, 3.8) is 0 Å². The molecule has 0 aliphatic carbocycles. The van der Waals surface area contributed by atoms with E-state index in [0.717, 1.165) is 11.4 Å². The summed E-state index contributed by atoms with van der Waals surface area (Å²) in [7, 11) is 0. The van der Waals surface area contributed by atoms with E-state index in [2.05, 4.69) is 157 Å². The lowest BCUT2D eigenvalue weighted by Gasteiger charge is -2.26. The Labute approximate surface area is 257 Å².